The van der Waals surface area contributed by atoms with Crippen molar-refractivity contribution in [2.24, 2.45) is 0 Å². The van der Waals surface area contributed by atoms with E-state index in [-0.39, 0.29) is 11.7 Å². The Morgan fingerprint density at radius 2 is 1.68 bits per heavy atom. The summed E-state index contributed by atoms with van der Waals surface area (Å²) in [5.74, 6) is -0.0241. The van der Waals surface area contributed by atoms with Gasteiger partial charge in [-0.15, -0.1) is 0 Å². The van der Waals surface area contributed by atoms with Crippen LogP contribution < -0.4 is 16.0 Å². The molecule has 0 atom stereocenters. The number of anilines is 2. The molecule has 1 aromatic carbocycles. The van der Waals surface area contributed by atoms with Gasteiger partial charge >= 0.3 is 0 Å². The molecule has 2 aromatic heterocycles. The molecule has 126 valence electrons. The highest BCUT2D eigenvalue weighted by atomic mass is 32.1. The number of hydrogen-bond acceptors (Lipinski definition) is 4. The van der Waals surface area contributed by atoms with E-state index in [1.165, 1.54) is 6.26 Å². The van der Waals surface area contributed by atoms with Crippen molar-refractivity contribution in [1.29, 1.82) is 0 Å². The van der Waals surface area contributed by atoms with Gasteiger partial charge < -0.3 is 20.4 Å². The number of furan rings is 1. The molecule has 0 radical (unpaired) electrons. The Labute approximate surface area is 150 Å². The molecule has 0 aliphatic carbocycles. The minimum Gasteiger partial charge on any atom is -0.459 e. The molecule has 0 bridgehead atoms. The monoisotopic (exact) mass is 352 g/mol. The molecular formula is C18H16N4O2S. The molecule has 25 heavy (non-hydrogen) atoms. The van der Waals surface area contributed by atoms with Crippen LogP contribution in [-0.2, 0) is 6.54 Å². The maximum atomic E-state index is 11.9. The Morgan fingerprint density at radius 3 is 2.32 bits per heavy atom. The first-order valence-electron chi connectivity index (χ1n) is 7.59. The van der Waals surface area contributed by atoms with Crippen LogP contribution in [-0.4, -0.2) is 16.0 Å². The summed E-state index contributed by atoms with van der Waals surface area (Å²) in [4.78, 5) is 15.9. The fraction of sp³-hybridized carbons (Fsp3) is 0.0556. The number of hydrogen-bond donors (Lipinski definition) is 3. The highest BCUT2D eigenvalue weighted by molar-refractivity contribution is 7.80. The lowest BCUT2D eigenvalue weighted by molar-refractivity contribution is 0.0996. The van der Waals surface area contributed by atoms with Gasteiger partial charge in [0.1, 0.15) is 0 Å². The molecule has 0 fully saturated rings. The van der Waals surface area contributed by atoms with Gasteiger partial charge in [-0.2, -0.15) is 0 Å². The largest absolute Gasteiger partial charge is 0.459 e. The van der Waals surface area contributed by atoms with Gasteiger partial charge in [-0.3, -0.25) is 9.78 Å². The van der Waals surface area contributed by atoms with Gasteiger partial charge in [-0.05, 0) is 66.3 Å². The minimum atomic E-state index is -0.291. The second kappa shape index (κ2) is 8.07. The quantitative estimate of drug-likeness (QED) is 0.611. The van der Waals surface area contributed by atoms with Crippen LogP contribution in [0.15, 0.2) is 71.6 Å². The van der Waals surface area contributed by atoms with Crippen molar-refractivity contribution >= 4 is 34.6 Å². The molecule has 3 aromatic rings. The van der Waals surface area contributed by atoms with Crippen LogP contribution in [0.3, 0.4) is 0 Å². The molecule has 0 spiro atoms. The van der Waals surface area contributed by atoms with Gasteiger partial charge in [-0.25, -0.2) is 0 Å². The Bertz CT molecular complexity index is 833. The summed E-state index contributed by atoms with van der Waals surface area (Å²) in [6.07, 6.45) is 4.94. The summed E-state index contributed by atoms with van der Waals surface area (Å²) >= 11 is 5.27. The highest BCUT2D eigenvalue weighted by Crippen LogP contribution is 2.15. The molecule has 3 rings (SSSR count). The average Bonchev–Trinajstić information content (AvgIpc) is 3.17. The Morgan fingerprint density at radius 1 is 1.00 bits per heavy atom. The fourth-order valence-electron chi connectivity index (χ4n) is 2.10. The van der Waals surface area contributed by atoms with E-state index in [1.54, 1.807) is 36.7 Å². The van der Waals surface area contributed by atoms with Gasteiger partial charge in [0.2, 0.25) is 0 Å². The van der Waals surface area contributed by atoms with Crippen LogP contribution in [0.5, 0.6) is 0 Å². The molecule has 0 saturated carbocycles. The van der Waals surface area contributed by atoms with E-state index >= 15 is 0 Å². The van der Waals surface area contributed by atoms with E-state index < -0.39 is 0 Å². The summed E-state index contributed by atoms with van der Waals surface area (Å²) in [5, 5.41) is 9.49. The molecule has 0 aliphatic rings. The number of carbonyl (C=O) groups is 1. The van der Waals surface area contributed by atoms with Crippen molar-refractivity contribution in [2.45, 2.75) is 6.54 Å². The number of thiocarbonyl (C=S) groups is 1. The van der Waals surface area contributed by atoms with E-state index in [4.69, 9.17) is 16.6 Å². The molecular weight excluding hydrogens is 336 g/mol. The van der Waals surface area contributed by atoms with Crippen molar-refractivity contribution in [1.82, 2.24) is 10.3 Å². The zero-order valence-corrected chi connectivity index (χ0v) is 14.0. The van der Waals surface area contributed by atoms with Crippen molar-refractivity contribution in [2.75, 3.05) is 10.6 Å². The number of pyridine rings is 1. The normalized spacial score (nSPS) is 10.1. The Kier molecular flexibility index (Phi) is 5.38. The number of nitrogens with one attached hydrogen (secondary N) is 3. The lowest BCUT2D eigenvalue weighted by atomic mass is 10.2. The highest BCUT2D eigenvalue weighted by Gasteiger charge is 2.08. The van der Waals surface area contributed by atoms with Crippen molar-refractivity contribution < 1.29 is 9.21 Å². The number of amides is 1. The van der Waals surface area contributed by atoms with Crippen LogP contribution in [0.1, 0.15) is 16.1 Å². The first-order chi connectivity index (χ1) is 12.2. The van der Waals surface area contributed by atoms with Crippen LogP contribution in [0, 0.1) is 0 Å². The molecule has 1 amide bonds. The number of aromatic nitrogens is 1. The third-order valence-electron chi connectivity index (χ3n) is 3.35. The van der Waals surface area contributed by atoms with Crippen molar-refractivity contribution in [3.63, 3.8) is 0 Å². The van der Waals surface area contributed by atoms with E-state index in [2.05, 4.69) is 20.9 Å². The summed E-state index contributed by atoms with van der Waals surface area (Å²) in [6.45, 7) is 0.617. The smallest absolute Gasteiger partial charge is 0.291 e. The van der Waals surface area contributed by atoms with Gasteiger partial charge in [0.05, 0.1) is 6.26 Å². The van der Waals surface area contributed by atoms with Crippen molar-refractivity contribution in [3.8, 4) is 0 Å². The van der Waals surface area contributed by atoms with Gasteiger partial charge in [0.15, 0.2) is 10.9 Å². The van der Waals surface area contributed by atoms with Gasteiger partial charge in [-0.1, -0.05) is 0 Å². The molecule has 0 unspecified atom stereocenters. The molecule has 0 aliphatic heterocycles. The predicted octanol–water partition coefficient (Wildman–Crippen LogP) is 3.41. The zero-order chi connectivity index (χ0) is 17.5. The zero-order valence-electron chi connectivity index (χ0n) is 13.2. The number of rotatable bonds is 5. The lowest BCUT2D eigenvalue weighted by Crippen LogP contribution is -2.27. The number of benzene rings is 1. The second-order valence-electron chi connectivity index (χ2n) is 5.17. The molecule has 6 nitrogen and oxygen atoms in total. The standard InChI is InChI=1S/C18H16N4O2S/c23-17(16-2-1-11-24-16)21-14-3-5-15(6-4-14)22-18(25)20-12-13-7-9-19-10-8-13/h1-11H,12H2,(H,21,23)(H2,20,22,25). The predicted molar refractivity (Wildman–Crippen MR) is 100 cm³/mol. The molecule has 0 saturated heterocycles. The Hall–Kier alpha value is -3.19. The van der Waals surface area contributed by atoms with Crippen LogP contribution >= 0.6 is 12.2 Å². The third-order valence-corrected chi connectivity index (χ3v) is 3.59. The SMILES string of the molecule is O=C(Nc1ccc(NC(=S)NCc2ccncc2)cc1)c1ccco1. The Balaban J connectivity index is 1.50. The van der Waals surface area contributed by atoms with E-state index in [1.807, 2.05) is 24.3 Å². The lowest BCUT2D eigenvalue weighted by Gasteiger charge is -2.11. The summed E-state index contributed by atoms with van der Waals surface area (Å²) < 4.78 is 5.05. The van der Waals surface area contributed by atoms with E-state index in [0.29, 0.717) is 17.3 Å². The summed E-state index contributed by atoms with van der Waals surface area (Å²) in [5.41, 5.74) is 2.58. The maximum absolute atomic E-state index is 11.9. The van der Waals surface area contributed by atoms with E-state index in [0.717, 1.165) is 11.3 Å². The maximum Gasteiger partial charge on any atom is 0.291 e. The molecule has 7 heteroatoms. The van der Waals surface area contributed by atoms with Crippen LogP contribution in [0.2, 0.25) is 0 Å². The van der Waals surface area contributed by atoms with Crippen LogP contribution in [0.4, 0.5) is 11.4 Å². The topological polar surface area (TPSA) is 79.2 Å². The number of nitrogens with zero attached hydrogens (tertiary/aromatic N) is 1. The first-order valence-corrected chi connectivity index (χ1v) is 8.00. The van der Waals surface area contributed by atoms with E-state index in [9.17, 15) is 4.79 Å². The number of carbonyl (C=O) groups excluding carboxylic acids is 1. The minimum absolute atomic E-state index is 0.267. The summed E-state index contributed by atoms with van der Waals surface area (Å²) in [7, 11) is 0. The average molecular weight is 352 g/mol. The fourth-order valence-corrected chi connectivity index (χ4v) is 2.29. The first kappa shape index (κ1) is 16.7. The van der Waals surface area contributed by atoms with Gasteiger partial charge in [0, 0.05) is 30.3 Å². The van der Waals surface area contributed by atoms with Gasteiger partial charge in [0.25, 0.3) is 5.91 Å². The van der Waals surface area contributed by atoms with Crippen LogP contribution in [0.25, 0.3) is 0 Å². The van der Waals surface area contributed by atoms with Crippen molar-refractivity contribution in [3.05, 3.63) is 78.5 Å². The second-order valence-corrected chi connectivity index (χ2v) is 5.58. The molecule has 2 heterocycles. The summed E-state index contributed by atoms with van der Waals surface area (Å²) in [6, 6.07) is 14.4. The molecule has 3 N–H and O–H groups in total. The third kappa shape index (κ3) is 4.89.